The quantitative estimate of drug-likeness (QED) is 0.477. The first-order chi connectivity index (χ1) is 15.2. The molecule has 0 bridgehead atoms. The molecule has 3 N–H and O–H groups in total. The van der Waals surface area contributed by atoms with E-state index in [1.807, 2.05) is 0 Å². The third kappa shape index (κ3) is 6.23. The molecule has 32 heavy (non-hydrogen) atoms. The van der Waals surface area contributed by atoms with Crippen LogP contribution in [0.5, 0.6) is 17.6 Å². The van der Waals surface area contributed by atoms with E-state index in [-0.39, 0.29) is 19.0 Å². The maximum Gasteiger partial charge on any atom is 0.422 e. The minimum Gasteiger partial charge on any atom is -0.492 e. The van der Waals surface area contributed by atoms with Crippen molar-refractivity contribution >= 4 is 6.03 Å². The van der Waals surface area contributed by atoms with Gasteiger partial charge in [-0.2, -0.15) is 18.2 Å². The van der Waals surface area contributed by atoms with Gasteiger partial charge in [0.25, 0.3) is 0 Å². The highest BCUT2D eigenvalue weighted by Gasteiger charge is 2.29. The molecule has 2 amide bonds. The van der Waals surface area contributed by atoms with E-state index in [0.717, 1.165) is 0 Å². The van der Waals surface area contributed by atoms with Gasteiger partial charge in [-0.3, -0.25) is 0 Å². The number of alkyl halides is 3. The second-order valence-electron chi connectivity index (χ2n) is 6.26. The Bertz CT molecular complexity index is 1040. The van der Waals surface area contributed by atoms with Gasteiger partial charge in [-0.1, -0.05) is 0 Å². The number of ether oxygens (including phenoxy) is 3. The van der Waals surface area contributed by atoms with Crippen LogP contribution in [-0.2, 0) is 0 Å². The SMILES string of the molecule is COc1ccc(-n2nc(OCC(F)(F)F)nc2-c2ccc(OCCNC(N)=O)cc2)cn1. The zero-order valence-electron chi connectivity index (χ0n) is 16.8. The number of carbonyl (C=O) groups excluding carboxylic acids is 1. The zero-order valence-corrected chi connectivity index (χ0v) is 16.8. The number of halogens is 3. The number of nitrogens with two attached hydrogens (primary N) is 1. The highest BCUT2D eigenvalue weighted by atomic mass is 19.4. The molecule has 0 aliphatic rings. The summed E-state index contributed by atoms with van der Waals surface area (Å²) in [5.74, 6) is 1.10. The fourth-order valence-corrected chi connectivity index (χ4v) is 2.53. The molecule has 13 heteroatoms. The van der Waals surface area contributed by atoms with Crippen molar-refractivity contribution in [3.8, 4) is 34.7 Å². The summed E-state index contributed by atoms with van der Waals surface area (Å²) in [7, 11) is 1.46. The van der Waals surface area contributed by atoms with Gasteiger partial charge in [-0.25, -0.2) is 14.5 Å². The van der Waals surface area contributed by atoms with Gasteiger partial charge >= 0.3 is 18.2 Å². The Hall–Kier alpha value is -4.03. The predicted octanol–water partition coefficient (Wildman–Crippen LogP) is 2.33. The number of hydrogen-bond acceptors (Lipinski definition) is 7. The standard InChI is InChI=1S/C19H19F3N6O4/c1-30-15-7-4-13(10-25-15)28-16(26-18(27-28)32-11-19(20,21)22)12-2-5-14(6-3-12)31-9-8-24-17(23)29/h2-7,10H,8-9,11H2,1H3,(H3,23,24,29). The second kappa shape index (κ2) is 9.85. The van der Waals surface area contributed by atoms with E-state index in [1.165, 1.54) is 18.0 Å². The highest BCUT2D eigenvalue weighted by molar-refractivity contribution is 5.71. The Balaban J connectivity index is 1.84. The normalized spacial score (nSPS) is 11.1. The van der Waals surface area contributed by atoms with Crippen LogP contribution >= 0.6 is 0 Å². The third-order valence-electron chi connectivity index (χ3n) is 3.91. The van der Waals surface area contributed by atoms with E-state index in [2.05, 4.69) is 20.4 Å². The summed E-state index contributed by atoms with van der Waals surface area (Å²) in [6.45, 7) is -1.09. The van der Waals surface area contributed by atoms with Gasteiger partial charge in [0.1, 0.15) is 12.4 Å². The number of nitrogens with one attached hydrogen (secondary N) is 1. The van der Waals surface area contributed by atoms with E-state index >= 15 is 0 Å². The van der Waals surface area contributed by atoms with Crippen LogP contribution in [0.1, 0.15) is 0 Å². The highest BCUT2D eigenvalue weighted by Crippen LogP contribution is 2.26. The lowest BCUT2D eigenvalue weighted by atomic mass is 10.2. The van der Waals surface area contributed by atoms with Crippen molar-refractivity contribution < 1.29 is 32.2 Å². The Morgan fingerprint density at radius 3 is 2.50 bits per heavy atom. The molecule has 0 radical (unpaired) electrons. The van der Waals surface area contributed by atoms with Crippen molar-refractivity contribution in [3.63, 3.8) is 0 Å². The van der Waals surface area contributed by atoms with Crippen molar-refractivity contribution in [1.29, 1.82) is 0 Å². The number of hydrogen-bond donors (Lipinski definition) is 2. The van der Waals surface area contributed by atoms with Crippen LogP contribution in [0.3, 0.4) is 0 Å². The summed E-state index contributed by atoms with van der Waals surface area (Å²) in [5, 5.41) is 6.43. The maximum atomic E-state index is 12.5. The summed E-state index contributed by atoms with van der Waals surface area (Å²) >= 11 is 0. The molecule has 0 saturated carbocycles. The first kappa shape index (κ1) is 22.7. The molecule has 0 atom stereocenters. The van der Waals surface area contributed by atoms with Crippen molar-refractivity contribution in [2.24, 2.45) is 5.73 Å². The molecular formula is C19H19F3N6O4. The number of urea groups is 1. The zero-order chi connectivity index (χ0) is 23.1. The summed E-state index contributed by atoms with van der Waals surface area (Å²) in [6, 6.07) is 8.70. The van der Waals surface area contributed by atoms with E-state index in [9.17, 15) is 18.0 Å². The van der Waals surface area contributed by atoms with E-state index in [1.54, 1.807) is 36.4 Å². The van der Waals surface area contributed by atoms with E-state index < -0.39 is 24.8 Å². The number of pyridine rings is 1. The molecule has 3 rings (SSSR count). The maximum absolute atomic E-state index is 12.5. The Kier molecular flexibility index (Phi) is 6.97. The minimum absolute atomic E-state index is 0.200. The van der Waals surface area contributed by atoms with Crippen molar-refractivity contribution in [1.82, 2.24) is 25.1 Å². The van der Waals surface area contributed by atoms with Crippen LogP contribution in [0.25, 0.3) is 17.1 Å². The molecule has 1 aromatic carbocycles. The van der Waals surface area contributed by atoms with Crippen LogP contribution in [0.15, 0.2) is 42.6 Å². The van der Waals surface area contributed by atoms with Gasteiger partial charge in [-0.15, -0.1) is 5.10 Å². The Morgan fingerprint density at radius 2 is 1.91 bits per heavy atom. The van der Waals surface area contributed by atoms with Gasteiger partial charge in [0.15, 0.2) is 12.4 Å². The molecular weight excluding hydrogens is 433 g/mol. The lowest BCUT2D eigenvalue weighted by Crippen LogP contribution is -2.32. The van der Waals surface area contributed by atoms with Crippen LogP contribution in [-0.4, -0.2) is 58.8 Å². The van der Waals surface area contributed by atoms with Crippen LogP contribution in [0, 0.1) is 0 Å². The molecule has 0 aliphatic carbocycles. The summed E-state index contributed by atoms with van der Waals surface area (Å²) < 4.78 is 54.1. The van der Waals surface area contributed by atoms with Crippen LogP contribution < -0.4 is 25.3 Å². The summed E-state index contributed by atoms with van der Waals surface area (Å²) in [6.07, 6.45) is -3.09. The van der Waals surface area contributed by atoms with Crippen LogP contribution in [0.2, 0.25) is 0 Å². The lowest BCUT2D eigenvalue weighted by Gasteiger charge is -2.08. The first-order valence-corrected chi connectivity index (χ1v) is 9.19. The number of carbonyl (C=O) groups is 1. The smallest absolute Gasteiger partial charge is 0.422 e. The monoisotopic (exact) mass is 452 g/mol. The molecule has 2 aromatic heterocycles. The largest absolute Gasteiger partial charge is 0.492 e. The molecule has 0 saturated heterocycles. The molecule has 2 heterocycles. The van der Waals surface area contributed by atoms with Gasteiger partial charge < -0.3 is 25.3 Å². The topological polar surface area (TPSA) is 126 Å². The molecule has 0 spiro atoms. The number of methoxy groups -OCH3 is 1. The number of nitrogens with zero attached hydrogens (tertiary/aromatic N) is 4. The van der Waals surface area contributed by atoms with Gasteiger partial charge in [-0.05, 0) is 30.3 Å². The van der Waals surface area contributed by atoms with Gasteiger partial charge in [0, 0.05) is 11.6 Å². The molecule has 3 aromatic rings. The predicted molar refractivity (Wildman–Crippen MR) is 106 cm³/mol. The second-order valence-corrected chi connectivity index (χ2v) is 6.26. The number of primary amides is 1. The van der Waals surface area contributed by atoms with Crippen molar-refractivity contribution in [2.75, 3.05) is 26.9 Å². The fraction of sp³-hybridized carbons (Fsp3) is 0.263. The molecule has 10 nitrogen and oxygen atoms in total. The van der Waals surface area contributed by atoms with Crippen LogP contribution in [0.4, 0.5) is 18.0 Å². The Morgan fingerprint density at radius 1 is 1.16 bits per heavy atom. The lowest BCUT2D eigenvalue weighted by molar-refractivity contribution is -0.154. The molecule has 0 aliphatic heterocycles. The molecule has 0 fully saturated rings. The van der Waals surface area contributed by atoms with Crippen molar-refractivity contribution in [2.45, 2.75) is 6.18 Å². The number of aromatic nitrogens is 4. The van der Waals surface area contributed by atoms with Gasteiger partial charge in [0.2, 0.25) is 5.88 Å². The van der Waals surface area contributed by atoms with Gasteiger partial charge in [0.05, 0.1) is 25.5 Å². The Labute approximate surface area is 180 Å². The fourth-order valence-electron chi connectivity index (χ4n) is 2.53. The average Bonchev–Trinajstić information content (AvgIpc) is 3.20. The van der Waals surface area contributed by atoms with E-state index in [4.69, 9.17) is 19.9 Å². The number of amides is 2. The summed E-state index contributed by atoms with van der Waals surface area (Å²) in [4.78, 5) is 18.8. The number of rotatable bonds is 9. The van der Waals surface area contributed by atoms with E-state index in [0.29, 0.717) is 22.9 Å². The first-order valence-electron chi connectivity index (χ1n) is 9.19. The molecule has 0 unspecified atom stereocenters. The summed E-state index contributed by atoms with van der Waals surface area (Å²) in [5.41, 5.74) is 5.95. The molecule has 170 valence electrons. The minimum atomic E-state index is -4.53. The third-order valence-corrected chi connectivity index (χ3v) is 3.91. The number of benzene rings is 1. The van der Waals surface area contributed by atoms with Crippen molar-refractivity contribution in [3.05, 3.63) is 42.6 Å². The average molecular weight is 452 g/mol.